The van der Waals surface area contributed by atoms with E-state index in [0.29, 0.717) is 0 Å². The zero-order chi connectivity index (χ0) is 11.5. The molecular formula is C12H22N4. The molecule has 1 aliphatic rings. The van der Waals surface area contributed by atoms with Crippen molar-refractivity contribution >= 4 is 0 Å². The van der Waals surface area contributed by atoms with Crippen LogP contribution in [0.2, 0.25) is 0 Å². The summed E-state index contributed by atoms with van der Waals surface area (Å²) < 4.78 is 1.99. The number of aryl methyl sites for hydroxylation is 2. The lowest BCUT2D eigenvalue weighted by molar-refractivity contribution is 0.188. The Hall–Kier alpha value is -0.870. The van der Waals surface area contributed by atoms with Crippen molar-refractivity contribution in [2.75, 3.05) is 20.1 Å². The summed E-state index contributed by atoms with van der Waals surface area (Å²) in [4.78, 5) is 2.46. The Morgan fingerprint density at radius 2 is 2.19 bits per heavy atom. The molecule has 90 valence electrons. The highest BCUT2D eigenvalue weighted by Crippen LogP contribution is 2.13. The first-order valence-corrected chi connectivity index (χ1v) is 6.07. The molecule has 4 heteroatoms. The van der Waals surface area contributed by atoms with Crippen molar-refractivity contribution in [3.8, 4) is 0 Å². The SMILES string of the molecule is Cc1cc(CN(C)C2CCNCC2)n(C)n1. The average Bonchev–Trinajstić information content (AvgIpc) is 2.59. The van der Waals surface area contributed by atoms with Crippen LogP contribution in [0, 0.1) is 6.92 Å². The minimum absolute atomic E-state index is 0.719. The Balaban J connectivity index is 1.95. The fourth-order valence-corrected chi connectivity index (χ4v) is 2.44. The second kappa shape index (κ2) is 4.97. The van der Waals surface area contributed by atoms with Gasteiger partial charge in [0.1, 0.15) is 0 Å². The highest BCUT2D eigenvalue weighted by molar-refractivity contribution is 5.08. The molecule has 0 unspecified atom stereocenters. The van der Waals surface area contributed by atoms with Gasteiger partial charge < -0.3 is 5.32 Å². The zero-order valence-electron chi connectivity index (χ0n) is 10.5. The van der Waals surface area contributed by atoms with Crippen LogP contribution in [0.25, 0.3) is 0 Å². The van der Waals surface area contributed by atoms with Crippen LogP contribution in [0.4, 0.5) is 0 Å². The van der Waals surface area contributed by atoms with E-state index in [1.54, 1.807) is 0 Å². The van der Waals surface area contributed by atoms with E-state index in [2.05, 4.69) is 28.4 Å². The van der Waals surface area contributed by atoms with Crippen molar-refractivity contribution < 1.29 is 0 Å². The number of nitrogens with one attached hydrogen (secondary N) is 1. The Bertz CT molecular complexity index is 339. The summed E-state index contributed by atoms with van der Waals surface area (Å²) in [5, 5.41) is 7.79. The Morgan fingerprint density at radius 3 is 2.75 bits per heavy atom. The monoisotopic (exact) mass is 222 g/mol. The Morgan fingerprint density at radius 1 is 1.50 bits per heavy atom. The minimum Gasteiger partial charge on any atom is -0.317 e. The lowest BCUT2D eigenvalue weighted by Gasteiger charge is -2.31. The summed E-state index contributed by atoms with van der Waals surface area (Å²) in [5.41, 5.74) is 2.41. The standard InChI is InChI=1S/C12H22N4/c1-10-8-12(16(3)14-10)9-15(2)11-4-6-13-7-5-11/h8,11,13H,4-7,9H2,1-3H3. The third kappa shape index (κ3) is 2.62. The third-order valence-corrected chi connectivity index (χ3v) is 3.44. The molecule has 0 saturated carbocycles. The number of piperidine rings is 1. The van der Waals surface area contributed by atoms with Crippen molar-refractivity contribution in [2.45, 2.75) is 32.4 Å². The predicted octanol–water partition coefficient (Wildman–Crippen LogP) is 0.912. The number of hydrogen-bond acceptors (Lipinski definition) is 3. The number of nitrogens with zero attached hydrogens (tertiary/aromatic N) is 3. The molecular weight excluding hydrogens is 200 g/mol. The fraction of sp³-hybridized carbons (Fsp3) is 0.750. The summed E-state index contributed by atoms with van der Waals surface area (Å²) in [7, 11) is 4.25. The summed E-state index contributed by atoms with van der Waals surface area (Å²) >= 11 is 0. The van der Waals surface area contributed by atoms with Gasteiger partial charge in [-0.25, -0.2) is 0 Å². The van der Waals surface area contributed by atoms with Crippen LogP contribution < -0.4 is 5.32 Å². The molecule has 1 aromatic heterocycles. The quantitative estimate of drug-likeness (QED) is 0.825. The van der Waals surface area contributed by atoms with E-state index in [-0.39, 0.29) is 0 Å². The predicted molar refractivity (Wildman–Crippen MR) is 65.3 cm³/mol. The topological polar surface area (TPSA) is 33.1 Å². The molecule has 1 N–H and O–H groups in total. The van der Waals surface area contributed by atoms with Gasteiger partial charge in [0, 0.05) is 19.6 Å². The molecule has 0 radical (unpaired) electrons. The van der Waals surface area contributed by atoms with Gasteiger partial charge in [-0.05, 0) is 46.0 Å². The van der Waals surface area contributed by atoms with Crippen LogP contribution in [0.5, 0.6) is 0 Å². The van der Waals surface area contributed by atoms with Gasteiger partial charge in [0.2, 0.25) is 0 Å². The molecule has 2 heterocycles. The lowest BCUT2D eigenvalue weighted by Crippen LogP contribution is -2.40. The highest BCUT2D eigenvalue weighted by Gasteiger charge is 2.18. The Kier molecular flexibility index (Phi) is 3.61. The van der Waals surface area contributed by atoms with E-state index in [1.165, 1.54) is 18.5 Å². The molecule has 1 saturated heterocycles. The maximum absolute atomic E-state index is 4.39. The molecule has 0 amide bonds. The maximum atomic E-state index is 4.39. The first kappa shape index (κ1) is 11.6. The Labute approximate surface area is 97.6 Å². The molecule has 2 rings (SSSR count). The molecule has 0 aliphatic carbocycles. The molecule has 16 heavy (non-hydrogen) atoms. The van der Waals surface area contributed by atoms with Gasteiger partial charge in [0.25, 0.3) is 0 Å². The third-order valence-electron chi connectivity index (χ3n) is 3.44. The summed E-state index contributed by atoms with van der Waals surface area (Å²) in [6, 6.07) is 2.90. The van der Waals surface area contributed by atoms with Gasteiger partial charge in [0.05, 0.1) is 11.4 Å². The summed E-state index contributed by atoms with van der Waals surface area (Å²) in [6.07, 6.45) is 2.51. The molecule has 0 bridgehead atoms. The van der Waals surface area contributed by atoms with Crippen molar-refractivity contribution in [3.63, 3.8) is 0 Å². The number of rotatable bonds is 3. The lowest BCUT2D eigenvalue weighted by atomic mass is 10.1. The molecule has 1 fully saturated rings. The smallest absolute Gasteiger partial charge is 0.0597 e. The second-order valence-electron chi connectivity index (χ2n) is 4.80. The van der Waals surface area contributed by atoms with E-state index in [4.69, 9.17) is 0 Å². The minimum atomic E-state index is 0.719. The van der Waals surface area contributed by atoms with Crippen LogP contribution in [0.15, 0.2) is 6.07 Å². The molecule has 0 aromatic carbocycles. The summed E-state index contributed by atoms with van der Waals surface area (Å²) in [5.74, 6) is 0. The fourth-order valence-electron chi connectivity index (χ4n) is 2.44. The molecule has 4 nitrogen and oxygen atoms in total. The van der Waals surface area contributed by atoms with E-state index in [1.807, 2.05) is 18.7 Å². The maximum Gasteiger partial charge on any atom is 0.0597 e. The van der Waals surface area contributed by atoms with Crippen LogP contribution >= 0.6 is 0 Å². The molecule has 0 atom stereocenters. The molecule has 1 aliphatic heterocycles. The summed E-state index contributed by atoms with van der Waals surface area (Å²) in [6.45, 7) is 5.36. The van der Waals surface area contributed by atoms with Crippen molar-refractivity contribution in [1.29, 1.82) is 0 Å². The number of aromatic nitrogens is 2. The van der Waals surface area contributed by atoms with Gasteiger partial charge in [0.15, 0.2) is 0 Å². The van der Waals surface area contributed by atoms with Gasteiger partial charge in [-0.2, -0.15) is 5.10 Å². The van der Waals surface area contributed by atoms with Crippen molar-refractivity contribution in [2.24, 2.45) is 7.05 Å². The van der Waals surface area contributed by atoms with Gasteiger partial charge in [-0.1, -0.05) is 0 Å². The first-order valence-electron chi connectivity index (χ1n) is 6.07. The normalized spacial score (nSPS) is 18.2. The number of hydrogen-bond donors (Lipinski definition) is 1. The van der Waals surface area contributed by atoms with Crippen molar-refractivity contribution in [1.82, 2.24) is 20.0 Å². The molecule has 0 spiro atoms. The van der Waals surface area contributed by atoms with Crippen LogP contribution in [-0.2, 0) is 13.6 Å². The van der Waals surface area contributed by atoms with Gasteiger partial charge >= 0.3 is 0 Å². The first-order chi connectivity index (χ1) is 7.66. The highest BCUT2D eigenvalue weighted by atomic mass is 15.3. The van der Waals surface area contributed by atoms with Gasteiger partial charge in [-0.3, -0.25) is 9.58 Å². The van der Waals surface area contributed by atoms with E-state index in [0.717, 1.165) is 31.4 Å². The zero-order valence-corrected chi connectivity index (χ0v) is 10.5. The van der Waals surface area contributed by atoms with E-state index >= 15 is 0 Å². The van der Waals surface area contributed by atoms with Gasteiger partial charge in [-0.15, -0.1) is 0 Å². The van der Waals surface area contributed by atoms with Crippen LogP contribution in [0.1, 0.15) is 24.2 Å². The van der Waals surface area contributed by atoms with Crippen molar-refractivity contribution in [3.05, 3.63) is 17.5 Å². The van der Waals surface area contributed by atoms with E-state index < -0.39 is 0 Å². The second-order valence-corrected chi connectivity index (χ2v) is 4.80. The largest absolute Gasteiger partial charge is 0.317 e. The molecule has 1 aromatic rings. The van der Waals surface area contributed by atoms with Crippen LogP contribution in [-0.4, -0.2) is 40.9 Å². The average molecular weight is 222 g/mol. The van der Waals surface area contributed by atoms with E-state index in [9.17, 15) is 0 Å². The van der Waals surface area contributed by atoms with Crippen LogP contribution in [0.3, 0.4) is 0 Å².